The molecule has 122 valence electrons. The number of rotatable bonds is 11. The van der Waals surface area contributed by atoms with E-state index in [4.69, 9.17) is 9.84 Å². The van der Waals surface area contributed by atoms with Crippen LogP contribution in [0.4, 0.5) is 0 Å². The predicted octanol–water partition coefficient (Wildman–Crippen LogP) is 2.91. The number of hydrogen-bond donors (Lipinski definition) is 2. The van der Waals surface area contributed by atoms with Crippen LogP contribution in [0.3, 0.4) is 0 Å². The van der Waals surface area contributed by atoms with Gasteiger partial charge in [0.2, 0.25) is 0 Å². The molecule has 0 bridgehead atoms. The second kappa shape index (κ2) is 10.8. The molecule has 1 rings (SSSR count). The zero-order valence-corrected chi connectivity index (χ0v) is 12.7. The molecule has 5 nitrogen and oxygen atoms in total. The molecule has 0 saturated carbocycles. The number of aliphatic hydroxyl groups is 1. The minimum atomic E-state index is -0.777. The molecular formula is C17H24O5. The molecule has 22 heavy (non-hydrogen) atoms. The molecule has 1 unspecified atom stereocenters. The van der Waals surface area contributed by atoms with Crippen LogP contribution in [0.2, 0.25) is 0 Å². The summed E-state index contributed by atoms with van der Waals surface area (Å²) < 4.78 is 5.11. The highest BCUT2D eigenvalue weighted by Gasteiger charge is 2.12. The molecule has 1 atom stereocenters. The highest BCUT2D eigenvalue weighted by Crippen LogP contribution is 2.10. The Morgan fingerprint density at radius 1 is 1.05 bits per heavy atom. The van der Waals surface area contributed by atoms with E-state index in [1.165, 1.54) is 0 Å². The molecule has 0 fully saturated rings. The quantitative estimate of drug-likeness (QED) is 0.485. The van der Waals surface area contributed by atoms with E-state index in [-0.39, 0.29) is 19.4 Å². The summed E-state index contributed by atoms with van der Waals surface area (Å²) in [4.78, 5) is 21.9. The summed E-state index contributed by atoms with van der Waals surface area (Å²) in [6, 6.07) is 9.40. The molecule has 0 aromatic heterocycles. The van der Waals surface area contributed by atoms with Gasteiger partial charge in [-0.2, -0.15) is 0 Å². The van der Waals surface area contributed by atoms with Gasteiger partial charge in [-0.1, -0.05) is 49.6 Å². The lowest BCUT2D eigenvalue weighted by molar-refractivity contribution is -0.147. The lowest BCUT2D eigenvalue weighted by atomic mass is 10.1. The number of esters is 1. The normalized spacial score (nSPS) is 11.9. The predicted molar refractivity (Wildman–Crippen MR) is 82.2 cm³/mol. The maximum atomic E-state index is 11.6. The monoisotopic (exact) mass is 308 g/mol. The molecular weight excluding hydrogens is 284 g/mol. The van der Waals surface area contributed by atoms with E-state index in [2.05, 4.69) is 0 Å². The summed E-state index contributed by atoms with van der Waals surface area (Å²) >= 11 is 0. The maximum absolute atomic E-state index is 11.6. The van der Waals surface area contributed by atoms with Gasteiger partial charge in [-0.05, 0) is 18.4 Å². The number of carboxylic acids is 1. The van der Waals surface area contributed by atoms with Crippen LogP contribution in [0.1, 0.15) is 50.5 Å². The topological polar surface area (TPSA) is 83.8 Å². The molecule has 2 N–H and O–H groups in total. The average molecular weight is 308 g/mol. The van der Waals surface area contributed by atoms with Gasteiger partial charge in [0.15, 0.2) is 0 Å². The number of hydrogen-bond acceptors (Lipinski definition) is 4. The zero-order chi connectivity index (χ0) is 16.2. The fourth-order valence-corrected chi connectivity index (χ4v) is 2.10. The molecule has 1 aromatic rings. The Kier molecular flexibility index (Phi) is 8.91. The van der Waals surface area contributed by atoms with E-state index < -0.39 is 18.0 Å². The van der Waals surface area contributed by atoms with Crippen molar-refractivity contribution in [3.63, 3.8) is 0 Å². The first kappa shape index (κ1) is 18.2. The van der Waals surface area contributed by atoms with Crippen molar-refractivity contribution >= 4 is 11.9 Å². The lowest BCUT2D eigenvalue weighted by Gasteiger charge is -2.10. The van der Waals surface area contributed by atoms with Crippen molar-refractivity contribution in [1.82, 2.24) is 0 Å². The van der Waals surface area contributed by atoms with Crippen LogP contribution < -0.4 is 0 Å². The third-order valence-electron chi connectivity index (χ3n) is 3.32. The van der Waals surface area contributed by atoms with Crippen LogP contribution in [-0.2, 0) is 20.9 Å². The summed E-state index contributed by atoms with van der Waals surface area (Å²) in [7, 11) is 0. The van der Waals surface area contributed by atoms with Crippen molar-refractivity contribution in [2.45, 2.75) is 57.7 Å². The second-order valence-corrected chi connectivity index (χ2v) is 5.35. The van der Waals surface area contributed by atoms with Crippen LogP contribution in [0.25, 0.3) is 0 Å². The first-order valence-electron chi connectivity index (χ1n) is 7.67. The van der Waals surface area contributed by atoms with Gasteiger partial charge in [0, 0.05) is 6.42 Å². The summed E-state index contributed by atoms with van der Waals surface area (Å²) in [6.45, 7) is 0.224. The Balaban J connectivity index is 2.05. The van der Waals surface area contributed by atoms with Gasteiger partial charge in [0.1, 0.15) is 6.61 Å². The van der Waals surface area contributed by atoms with Crippen LogP contribution in [0, 0.1) is 0 Å². The van der Waals surface area contributed by atoms with Crippen LogP contribution >= 0.6 is 0 Å². The summed E-state index contributed by atoms with van der Waals surface area (Å²) in [5.41, 5.74) is 0.920. The molecule has 0 aliphatic carbocycles. The highest BCUT2D eigenvalue weighted by molar-refractivity contribution is 5.69. The Morgan fingerprint density at radius 2 is 1.73 bits per heavy atom. The van der Waals surface area contributed by atoms with E-state index in [9.17, 15) is 14.7 Å². The Bertz CT molecular complexity index is 444. The van der Waals surface area contributed by atoms with Crippen molar-refractivity contribution in [3.8, 4) is 0 Å². The van der Waals surface area contributed by atoms with Crippen LogP contribution in [0.15, 0.2) is 30.3 Å². The van der Waals surface area contributed by atoms with Gasteiger partial charge in [-0.15, -0.1) is 0 Å². The molecule has 1 aromatic carbocycles. The van der Waals surface area contributed by atoms with E-state index in [1.807, 2.05) is 30.3 Å². The number of carbonyl (C=O) groups excluding carboxylic acids is 1. The summed E-state index contributed by atoms with van der Waals surface area (Å²) in [6.07, 6.45) is 3.17. The van der Waals surface area contributed by atoms with Crippen LogP contribution in [-0.4, -0.2) is 28.3 Å². The molecule has 0 saturated heterocycles. The second-order valence-electron chi connectivity index (χ2n) is 5.35. The number of unbranched alkanes of at least 4 members (excludes halogenated alkanes) is 3. The molecule has 5 heteroatoms. The van der Waals surface area contributed by atoms with Gasteiger partial charge in [0.25, 0.3) is 0 Å². The number of benzene rings is 1. The Labute approximate surface area is 130 Å². The third-order valence-corrected chi connectivity index (χ3v) is 3.32. The van der Waals surface area contributed by atoms with Crippen molar-refractivity contribution < 1.29 is 24.5 Å². The van der Waals surface area contributed by atoms with Crippen molar-refractivity contribution in [1.29, 1.82) is 0 Å². The largest absolute Gasteiger partial charge is 0.481 e. The van der Waals surface area contributed by atoms with Gasteiger partial charge in [-0.25, -0.2) is 0 Å². The number of carboxylic acid groups (broad SMARTS) is 1. The Hall–Kier alpha value is -1.88. The van der Waals surface area contributed by atoms with Crippen molar-refractivity contribution in [2.75, 3.05) is 0 Å². The van der Waals surface area contributed by atoms with E-state index in [0.29, 0.717) is 12.8 Å². The molecule has 0 amide bonds. The minimum absolute atomic E-state index is 0.00194. The van der Waals surface area contributed by atoms with Gasteiger partial charge in [0.05, 0.1) is 12.5 Å². The van der Waals surface area contributed by atoms with Crippen molar-refractivity contribution in [2.24, 2.45) is 0 Å². The number of aliphatic carboxylic acids is 1. The standard InChI is InChI=1S/C17H24O5/c18-15(10-6-1-2-7-11-16(19)20)12-17(21)22-13-14-8-4-3-5-9-14/h3-5,8-9,15,18H,1-2,6-7,10-13H2,(H,19,20). The van der Waals surface area contributed by atoms with Gasteiger partial charge in [-0.3, -0.25) is 9.59 Å². The van der Waals surface area contributed by atoms with Crippen molar-refractivity contribution in [3.05, 3.63) is 35.9 Å². The zero-order valence-electron chi connectivity index (χ0n) is 12.7. The fraction of sp³-hybridized carbons (Fsp3) is 0.529. The lowest BCUT2D eigenvalue weighted by Crippen LogP contribution is -2.15. The number of ether oxygens (including phenoxy) is 1. The first-order valence-corrected chi connectivity index (χ1v) is 7.67. The summed E-state index contributed by atoms with van der Waals surface area (Å²) in [5.74, 6) is -1.18. The SMILES string of the molecule is O=C(O)CCCCCCC(O)CC(=O)OCc1ccccc1. The smallest absolute Gasteiger partial charge is 0.308 e. The maximum Gasteiger partial charge on any atom is 0.308 e. The van der Waals surface area contributed by atoms with Crippen LogP contribution in [0.5, 0.6) is 0 Å². The summed E-state index contributed by atoms with van der Waals surface area (Å²) in [5, 5.41) is 18.3. The van der Waals surface area contributed by atoms with Gasteiger partial charge < -0.3 is 14.9 Å². The molecule has 0 heterocycles. The number of carbonyl (C=O) groups is 2. The minimum Gasteiger partial charge on any atom is -0.481 e. The van der Waals surface area contributed by atoms with E-state index in [0.717, 1.165) is 24.8 Å². The molecule has 0 aliphatic rings. The molecule has 0 spiro atoms. The van der Waals surface area contributed by atoms with E-state index in [1.54, 1.807) is 0 Å². The highest BCUT2D eigenvalue weighted by atomic mass is 16.5. The third kappa shape index (κ3) is 9.13. The Morgan fingerprint density at radius 3 is 2.41 bits per heavy atom. The van der Waals surface area contributed by atoms with Gasteiger partial charge >= 0.3 is 11.9 Å². The average Bonchev–Trinajstić information content (AvgIpc) is 2.49. The number of aliphatic hydroxyl groups excluding tert-OH is 1. The molecule has 0 aliphatic heterocycles. The van der Waals surface area contributed by atoms with E-state index >= 15 is 0 Å². The fourth-order valence-electron chi connectivity index (χ4n) is 2.10. The first-order chi connectivity index (χ1) is 10.6. The molecule has 0 radical (unpaired) electrons.